The molecule has 1 saturated heterocycles. The van der Waals surface area contributed by atoms with Crippen LogP contribution >= 0.6 is 0 Å². The van der Waals surface area contributed by atoms with Gasteiger partial charge in [0.2, 0.25) is 0 Å². The predicted octanol–water partition coefficient (Wildman–Crippen LogP) is 3.41. The van der Waals surface area contributed by atoms with Gasteiger partial charge in [0.1, 0.15) is 5.60 Å². The number of carbonyl (C=O) groups is 1. The number of amides is 1. The summed E-state index contributed by atoms with van der Waals surface area (Å²) < 4.78 is 5.49. The van der Waals surface area contributed by atoms with Gasteiger partial charge in [0.15, 0.2) is 0 Å². The lowest BCUT2D eigenvalue weighted by Crippen LogP contribution is -2.37. The van der Waals surface area contributed by atoms with Gasteiger partial charge in [0.05, 0.1) is 0 Å². The van der Waals surface area contributed by atoms with Crippen molar-refractivity contribution in [1.82, 2.24) is 4.90 Å². The molecule has 1 heterocycles. The Kier molecular flexibility index (Phi) is 2.80. The molecule has 1 amide bonds. The average Bonchev–Trinajstić information content (AvgIpc) is 2.88. The molecule has 3 unspecified atom stereocenters. The van der Waals surface area contributed by atoms with E-state index in [0.717, 1.165) is 13.0 Å². The fourth-order valence-corrected chi connectivity index (χ4v) is 3.22. The van der Waals surface area contributed by atoms with Crippen molar-refractivity contribution in [1.29, 1.82) is 0 Å². The summed E-state index contributed by atoms with van der Waals surface area (Å²) in [4.78, 5) is 14.1. The molecule has 2 fully saturated rings. The first-order valence-corrected chi connectivity index (χ1v) is 7.02. The van der Waals surface area contributed by atoms with Crippen molar-refractivity contribution < 1.29 is 9.53 Å². The number of likely N-dealkylation sites (tertiary alicyclic amines) is 1. The lowest BCUT2D eigenvalue weighted by atomic mass is 10.1. The van der Waals surface area contributed by atoms with E-state index in [9.17, 15) is 4.79 Å². The third-order valence-corrected chi connectivity index (χ3v) is 4.00. The van der Waals surface area contributed by atoms with Crippen LogP contribution in [0.15, 0.2) is 30.3 Å². The van der Waals surface area contributed by atoms with Crippen molar-refractivity contribution in [3.8, 4) is 0 Å². The first-order valence-electron chi connectivity index (χ1n) is 7.02. The highest BCUT2D eigenvalue weighted by Crippen LogP contribution is 2.57. The highest BCUT2D eigenvalue weighted by atomic mass is 16.6. The standard InChI is InChI=1S/C16H21NO2/c1-16(2,3)19-15(18)17-10-9-12-13(14(12)17)11-7-5-4-6-8-11/h4-8,12-14H,9-10H2,1-3H3. The fraction of sp³-hybridized carbons (Fsp3) is 0.562. The summed E-state index contributed by atoms with van der Waals surface area (Å²) in [5, 5.41) is 0. The van der Waals surface area contributed by atoms with Crippen LogP contribution in [0.1, 0.15) is 38.7 Å². The van der Waals surface area contributed by atoms with Gasteiger partial charge < -0.3 is 9.64 Å². The van der Waals surface area contributed by atoms with E-state index < -0.39 is 5.60 Å². The van der Waals surface area contributed by atoms with E-state index in [2.05, 4.69) is 24.3 Å². The van der Waals surface area contributed by atoms with Gasteiger partial charge in [0, 0.05) is 18.5 Å². The average molecular weight is 259 g/mol. The Hall–Kier alpha value is -1.51. The lowest BCUT2D eigenvalue weighted by molar-refractivity contribution is 0.0259. The summed E-state index contributed by atoms with van der Waals surface area (Å²) in [7, 11) is 0. The first kappa shape index (κ1) is 12.5. The Balaban J connectivity index is 1.69. The number of benzene rings is 1. The van der Waals surface area contributed by atoms with Crippen LogP contribution in [-0.4, -0.2) is 29.2 Å². The van der Waals surface area contributed by atoms with Gasteiger partial charge in [-0.05, 0) is 38.7 Å². The summed E-state index contributed by atoms with van der Waals surface area (Å²) in [6.45, 7) is 6.59. The Morgan fingerprint density at radius 2 is 1.95 bits per heavy atom. The van der Waals surface area contributed by atoms with Crippen LogP contribution in [0.2, 0.25) is 0 Å². The quantitative estimate of drug-likeness (QED) is 0.773. The molecule has 1 aromatic rings. The smallest absolute Gasteiger partial charge is 0.410 e. The number of piperidine rings is 1. The van der Waals surface area contributed by atoms with E-state index in [0.29, 0.717) is 17.9 Å². The second kappa shape index (κ2) is 4.26. The number of hydrogen-bond acceptors (Lipinski definition) is 2. The molecule has 0 bridgehead atoms. The third-order valence-electron chi connectivity index (χ3n) is 4.00. The van der Waals surface area contributed by atoms with Crippen LogP contribution in [-0.2, 0) is 4.74 Å². The van der Waals surface area contributed by atoms with Crippen LogP contribution < -0.4 is 0 Å². The van der Waals surface area contributed by atoms with Crippen LogP contribution in [0, 0.1) is 5.92 Å². The number of hydrogen-bond donors (Lipinski definition) is 0. The number of carbonyl (C=O) groups excluding carboxylic acids is 1. The molecule has 19 heavy (non-hydrogen) atoms. The maximum atomic E-state index is 12.2. The zero-order chi connectivity index (χ0) is 13.6. The number of nitrogens with zero attached hydrogens (tertiary/aromatic N) is 1. The highest BCUT2D eigenvalue weighted by molar-refractivity contribution is 5.70. The molecule has 0 aromatic heterocycles. The number of rotatable bonds is 1. The number of ether oxygens (including phenoxy) is 1. The van der Waals surface area contributed by atoms with E-state index in [1.54, 1.807) is 0 Å². The molecule has 1 aromatic carbocycles. The van der Waals surface area contributed by atoms with E-state index >= 15 is 0 Å². The summed E-state index contributed by atoms with van der Waals surface area (Å²) in [6, 6.07) is 10.9. The molecule has 2 aliphatic rings. The van der Waals surface area contributed by atoms with E-state index in [1.165, 1.54) is 5.56 Å². The van der Waals surface area contributed by atoms with Gasteiger partial charge in [0.25, 0.3) is 0 Å². The minimum atomic E-state index is -0.410. The molecule has 1 saturated carbocycles. The molecular weight excluding hydrogens is 238 g/mol. The third kappa shape index (κ3) is 2.34. The van der Waals surface area contributed by atoms with Gasteiger partial charge in [-0.15, -0.1) is 0 Å². The van der Waals surface area contributed by atoms with Crippen molar-refractivity contribution in [3.05, 3.63) is 35.9 Å². The van der Waals surface area contributed by atoms with Gasteiger partial charge in [-0.25, -0.2) is 4.79 Å². The predicted molar refractivity (Wildman–Crippen MR) is 74.0 cm³/mol. The van der Waals surface area contributed by atoms with Crippen molar-refractivity contribution in [2.45, 2.75) is 44.8 Å². The molecule has 3 heteroatoms. The van der Waals surface area contributed by atoms with Crippen LogP contribution in [0.4, 0.5) is 4.79 Å². The Labute approximate surface area is 114 Å². The molecule has 1 aliphatic heterocycles. The van der Waals surface area contributed by atoms with Crippen molar-refractivity contribution in [2.75, 3.05) is 6.54 Å². The minimum Gasteiger partial charge on any atom is -0.444 e. The van der Waals surface area contributed by atoms with Crippen LogP contribution in [0.25, 0.3) is 0 Å². The lowest BCUT2D eigenvalue weighted by Gasteiger charge is -2.26. The second-order valence-corrected chi connectivity index (χ2v) is 6.55. The topological polar surface area (TPSA) is 29.5 Å². The van der Waals surface area contributed by atoms with Crippen LogP contribution in [0.3, 0.4) is 0 Å². The Morgan fingerprint density at radius 1 is 1.26 bits per heavy atom. The van der Waals surface area contributed by atoms with Crippen molar-refractivity contribution in [3.63, 3.8) is 0 Å². The summed E-state index contributed by atoms with van der Waals surface area (Å²) in [6.07, 6.45) is 0.946. The molecular formula is C16H21NO2. The van der Waals surface area contributed by atoms with Crippen molar-refractivity contribution in [2.24, 2.45) is 5.92 Å². The second-order valence-electron chi connectivity index (χ2n) is 6.55. The zero-order valence-electron chi connectivity index (χ0n) is 11.8. The zero-order valence-corrected chi connectivity index (χ0v) is 11.8. The maximum absolute atomic E-state index is 12.2. The fourth-order valence-electron chi connectivity index (χ4n) is 3.22. The molecule has 0 spiro atoms. The monoisotopic (exact) mass is 259 g/mol. The van der Waals surface area contributed by atoms with Crippen molar-refractivity contribution >= 4 is 6.09 Å². The minimum absolute atomic E-state index is 0.154. The normalized spacial score (nSPS) is 29.0. The first-order chi connectivity index (χ1) is 8.97. The van der Waals surface area contributed by atoms with E-state index in [4.69, 9.17) is 4.74 Å². The van der Waals surface area contributed by atoms with E-state index in [-0.39, 0.29) is 6.09 Å². The van der Waals surface area contributed by atoms with E-state index in [1.807, 2.05) is 31.7 Å². The summed E-state index contributed by atoms with van der Waals surface area (Å²) >= 11 is 0. The van der Waals surface area contributed by atoms with Gasteiger partial charge in [-0.3, -0.25) is 0 Å². The Bertz CT molecular complexity index is 477. The summed E-state index contributed by atoms with van der Waals surface area (Å²) in [5.41, 5.74) is 0.942. The molecule has 0 N–H and O–H groups in total. The molecule has 3 atom stereocenters. The molecule has 102 valence electrons. The maximum Gasteiger partial charge on any atom is 0.410 e. The summed E-state index contributed by atoms with van der Waals surface area (Å²) in [5.74, 6) is 1.15. The highest BCUT2D eigenvalue weighted by Gasteiger charge is 2.59. The molecule has 1 aliphatic carbocycles. The van der Waals surface area contributed by atoms with Crippen LogP contribution in [0.5, 0.6) is 0 Å². The molecule has 3 rings (SSSR count). The van der Waals surface area contributed by atoms with Gasteiger partial charge >= 0.3 is 6.09 Å². The van der Waals surface area contributed by atoms with Gasteiger partial charge in [-0.1, -0.05) is 30.3 Å². The largest absolute Gasteiger partial charge is 0.444 e. The van der Waals surface area contributed by atoms with Gasteiger partial charge in [-0.2, -0.15) is 0 Å². The SMILES string of the molecule is CC(C)(C)OC(=O)N1CCC2C(c3ccccc3)C21. The Morgan fingerprint density at radius 3 is 2.58 bits per heavy atom. The number of fused-ring (bicyclic) bond motifs is 1. The molecule has 3 nitrogen and oxygen atoms in total. The molecule has 0 radical (unpaired) electrons.